The van der Waals surface area contributed by atoms with Crippen molar-refractivity contribution in [2.75, 3.05) is 6.54 Å². The van der Waals surface area contributed by atoms with Gasteiger partial charge in [-0.25, -0.2) is 13.8 Å². The van der Waals surface area contributed by atoms with Crippen LogP contribution in [-0.2, 0) is 12.6 Å². The van der Waals surface area contributed by atoms with E-state index in [9.17, 15) is 22.0 Å². The molecule has 1 aromatic rings. The first-order valence-electron chi connectivity index (χ1n) is 6.26. The van der Waals surface area contributed by atoms with E-state index >= 15 is 0 Å². The Hall–Kier alpha value is -1.31. The second kappa shape index (κ2) is 5.59. The number of nitrogens with zero attached hydrogens (tertiary/aromatic N) is 2. The highest BCUT2D eigenvalue weighted by atomic mass is 19.4. The summed E-state index contributed by atoms with van der Waals surface area (Å²) in [4.78, 5) is 6.95. The van der Waals surface area contributed by atoms with Crippen molar-refractivity contribution in [3.05, 3.63) is 23.8 Å². The van der Waals surface area contributed by atoms with Crippen LogP contribution in [0.3, 0.4) is 0 Å². The summed E-state index contributed by atoms with van der Waals surface area (Å²) in [6, 6.07) is -0.345. The number of alkyl halides is 5. The van der Waals surface area contributed by atoms with Gasteiger partial charge in [-0.05, 0) is 12.8 Å². The van der Waals surface area contributed by atoms with Crippen molar-refractivity contribution in [2.24, 2.45) is 0 Å². The van der Waals surface area contributed by atoms with Crippen LogP contribution in [0.5, 0.6) is 0 Å². The Bertz CT molecular complexity index is 443. The van der Waals surface area contributed by atoms with Crippen molar-refractivity contribution in [2.45, 2.75) is 43.8 Å². The molecule has 0 radical (unpaired) electrons. The fourth-order valence-electron chi connectivity index (χ4n) is 2.15. The molecule has 1 atom stereocenters. The van der Waals surface area contributed by atoms with E-state index in [1.54, 1.807) is 0 Å². The molecule has 1 unspecified atom stereocenters. The Morgan fingerprint density at radius 1 is 1.25 bits per heavy atom. The van der Waals surface area contributed by atoms with Gasteiger partial charge in [0, 0.05) is 31.6 Å². The van der Waals surface area contributed by atoms with Crippen molar-refractivity contribution >= 4 is 0 Å². The SMILES string of the molecule is FC1(F)CCNC(CCc2cnc(C(F)(F)F)cn2)C1. The van der Waals surface area contributed by atoms with Crippen LogP contribution in [0.2, 0.25) is 0 Å². The summed E-state index contributed by atoms with van der Waals surface area (Å²) < 4.78 is 63.2. The van der Waals surface area contributed by atoms with E-state index in [0.29, 0.717) is 24.7 Å². The van der Waals surface area contributed by atoms with Gasteiger partial charge in [0.05, 0.1) is 11.9 Å². The van der Waals surface area contributed by atoms with Gasteiger partial charge in [-0.2, -0.15) is 13.2 Å². The van der Waals surface area contributed by atoms with Gasteiger partial charge in [0.15, 0.2) is 5.69 Å². The molecular weight excluding hydrogens is 281 g/mol. The Morgan fingerprint density at radius 2 is 2.00 bits per heavy atom. The molecule has 0 saturated carbocycles. The molecule has 2 heterocycles. The van der Waals surface area contributed by atoms with Crippen LogP contribution in [0, 0.1) is 0 Å². The fourth-order valence-corrected chi connectivity index (χ4v) is 2.15. The Morgan fingerprint density at radius 3 is 2.55 bits per heavy atom. The third-order valence-corrected chi connectivity index (χ3v) is 3.21. The van der Waals surface area contributed by atoms with Gasteiger partial charge in [0.25, 0.3) is 5.92 Å². The lowest BCUT2D eigenvalue weighted by Gasteiger charge is -2.30. The average Bonchev–Trinajstić information content (AvgIpc) is 2.35. The van der Waals surface area contributed by atoms with E-state index in [-0.39, 0.29) is 25.4 Å². The Balaban J connectivity index is 1.88. The highest BCUT2D eigenvalue weighted by Crippen LogP contribution is 2.29. The van der Waals surface area contributed by atoms with Gasteiger partial charge in [-0.3, -0.25) is 4.98 Å². The quantitative estimate of drug-likeness (QED) is 0.871. The predicted octanol–water partition coefficient (Wildman–Crippen LogP) is 2.82. The molecule has 0 bridgehead atoms. The largest absolute Gasteiger partial charge is 0.434 e. The van der Waals surface area contributed by atoms with Gasteiger partial charge in [-0.15, -0.1) is 0 Å². The van der Waals surface area contributed by atoms with Crippen LogP contribution in [0.25, 0.3) is 0 Å². The molecule has 0 aliphatic carbocycles. The molecule has 1 fully saturated rings. The number of halogens is 5. The lowest BCUT2D eigenvalue weighted by atomic mass is 9.97. The van der Waals surface area contributed by atoms with Crippen LogP contribution in [0.1, 0.15) is 30.7 Å². The zero-order valence-electron chi connectivity index (χ0n) is 10.6. The smallest absolute Gasteiger partial charge is 0.314 e. The van der Waals surface area contributed by atoms with E-state index in [4.69, 9.17) is 0 Å². The Kier molecular flexibility index (Phi) is 4.22. The lowest BCUT2D eigenvalue weighted by molar-refractivity contribution is -0.141. The third-order valence-electron chi connectivity index (χ3n) is 3.21. The highest BCUT2D eigenvalue weighted by Gasteiger charge is 2.36. The summed E-state index contributed by atoms with van der Waals surface area (Å²) >= 11 is 0. The molecule has 8 heteroatoms. The van der Waals surface area contributed by atoms with Crippen molar-refractivity contribution in [1.29, 1.82) is 0 Å². The molecule has 3 nitrogen and oxygen atoms in total. The summed E-state index contributed by atoms with van der Waals surface area (Å²) in [5, 5.41) is 2.97. The van der Waals surface area contributed by atoms with E-state index in [1.165, 1.54) is 0 Å². The van der Waals surface area contributed by atoms with Gasteiger partial charge in [0.1, 0.15) is 0 Å². The molecule has 2 rings (SSSR count). The van der Waals surface area contributed by atoms with Gasteiger partial charge in [0.2, 0.25) is 0 Å². The van der Waals surface area contributed by atoms with Crippen LogP contribution >= 0.6 is 0 Å². The summed E-state index contributed by atoms with van der Waals surface area (Å²) in [5.41, 5.74) is -0.683. The second-order valence-electron chi connectivity index (χ2n) is 4.89. The first-order chi connectivity index (χ1) is 9.26. The number of aryl methyl sites for hydroxylation is 1. The zero-order chi connectivity index (χ0) is 14.8. The van der Waals surface area contributed by atoms with Gasteiger partial charge < -0.3 is 5.32 Å². The minimum atomic E-state index is -4.52. The summed E-state index contributed by atoms with van der Waals surface area (Å²) in [7, 11) is 0. The molecule has 1 aliphatic rings. The van der Waals surface area contributed by atoms with Gasteiger partial charge >= 0.3 is 6.18 Å². The maximum atomic E-state index is 13.2. The van der Waals surface area contributed by atoms with E-state index in [0.717, 1.165) is 6.20 Å². The minimum Gasteiger partial charge on any atom is -0.314 e. The predicted molar refractivity (Wildman–Crippen MR) is 61.3 cm³/mol. The first kappa shape index (κ1) is 15.1. The molecule has 1 saturated heterocycles. The van der Waals surface area contributed by atoms with Crippen LogP contribution in [0.4, 0.5) is 22.0 Å². The first-order valence-corrected chi connectivity index (χ1v) is 6.26. The number of nitrogens with one attached hydrogen (secondary N) is 1. The van der Waals surface area contributed by atoms with Crippen LogP contribution < -0.4 is 5.32 Å². The maximum Gasteiger partial charge on any atom is 0.434 e. The van der Waals surface area contributed by atoms with Crippen molar-refractivity contribution in [1.82, 2.24) is 15.3 Å². The van der Waals surface area contributed by atoms with Crippen molar-refractivity contribution < 1.29 is 22.0 Å². The average molecular weight is 295 g/mol. The van der Waals surface area contributed by atoms with Crippen molar-refractivity contribution in [3.8, 4) is 0 Å². The number of aromatic nitrogens is 2. The number of piperidine rings is 1. The summed E-state index contributed by atoms with van der Waals surface area (Å²) in [5.74, 6) is -2.66. The number of hydrogen-bond acceptors (Lipinski definition) is 3. The van der Waals surface area contributed by atoms with E-state index in [2.05, 4.69) is 15.3 Å². The molecule has 0 amide bonds. The van der Waals surface area contributed by atoms with Gasteiger partial charge in [-0.1, -0.05) is 0 Å². The van der Waals surface area contributed by atoms with Crippen LogP contribution in [0.15, 0.2) is 12.4 Å². The monoisotopic (exact) mass is 295 g/mol. The molecule has 1 aliphatic heterocycles. The summed E-state index contributed by atoms with van der Waals surface area (Å²) in [6.07, 6.45) is -2.51. The highest BCUT2D eigenvalue weighted by molar-refractivity contribution is 5.05. The van der Waals surface area contributed by atoms with Crippen LogP contribution in [-0.4, -0.2) is 28.5 Å². The minimum absolute atomic E-state index is 0.177. The van der Waals surface area contributed by atoms with E-state index in [1.807, 2.05) is 0 Å². The number of rotatable bonds is 3. The van der Waals surface area contributed by atoms with Crippen molar-refractivity contribution in [3.63, 3.8) is 0 Å². The number of hydrogen-bond donors (Lipinski definition) is 1. The normalized spacial score (nSPS) is 22.8. The third kappa shape index (κ3) is 4.09. The second-order valence-corrected chi connectivity index (χ2v) is 4.89. The summed E-state index contributed by atoms with van der Waals surface area (Å²) in [6.45, 7) is 0.246. The molecule has 1 N–H and O–H groups in total. The maximum absolute atomic E-state index is 13.2. The Labute approximate surface area is 112 Å². The lowest BCUT2D eigenvalue weighted by Crippen LogP contribution is -2.43. The molecule has 0 aromatic carbocycles. The standard InChI is InChI=1S/C12H14F5N3/c13-11(14)3-4-18-8(5-11)1-2-9-6-20-10(7-19-9)12(15,16)17/h6-8,18H,1-5H2. The molecule has 20 heavy (non-hydrogen) atoms. The molecule has 112 valence electrons. The molecule has 0 spiro atoms. The molecular formula is C12H14F5N3. The zero-order valence-corrected chi connectivity index (χ0v) is 10.6. The van der Waals surface area contributed by atoms with E-state index < -0.39 is 17.8 Å². The fraction of sp³-hybridized carbons (Fsp3) is 0.667. The topological polar surface area (TPSA) is 37.8 Å². The molecule has 1 aromatic heterocycles.